The molecule has 28 heavy (non-hydrogen) atoms. The van der Waals surface area contributed by atoms with Crippen molar-refractivity contribution in [1.29, 1.82) is 0 Å². The Morgan fingerprint density at radius 3 is 1.79 bits per heavy atom. The number of hydrogen-bond donors (Lipinski definition) is 0. The molecule has 0 saturated carbocycles. The van der Waals surface area contributed by atoms with E-state index in [-0.39, 0.29) is 5.41 Å². The summed E-state index contributed by atoms with van der Waals surface area (Å²) < 4.78 is 6.74. The number of rotatable bonds is 1. The highest BCUT2D eigenvalue weighted by Gasteiger charge is 2.51. The molecule has 0 amide bonds. The normalized spacial score (nSPS) is 14.4. The summed E-state index contributed by atoms with van der Waals surface area (Å²) in [4.78, 5) is 0. The van der Waals surface area contributed by atoms with Gasteiger partial charge in [0.25, 0.3) is 0 Å². The maximum atomic E-state index is 5.63. The summed E-state index contributed by atoms with van der Waals surface area (Å²) in [6.07, 6.45) is 0. The lowest BCUT2D eigenvalue weighted by atomic mass is 9.70. The van der Waals surface area contributed by atoms with Crippen molar-refractivity contribution in [2.24, 2.45) is 0 Å². The maximum Gasteiger partial charge on any atom is 0.119 e. The van der Waals surface area contributed by atoms with E-state index in [2.05, 4.69) is 101 Å². The number of ether oxygens (including phenoxy) is 1. The van der Waals surface area contributed by atoms with E-state index in [1.807, 2.05) is 0 Å². The van der Waals surface area contributed by atoms with Gasteiger partial charge in [-0.05, 0) is 68.8 Å². The topological polar surface area (TPSA) is 9.23 Å². The van der Waals surface area contributed by atoms with Crippen molar-refractivity contribution in [3.8, 4) is 28.0 Å². The summed E-state index contributed by atoms with van der Waals surface area (Å²) in [6.45, 7) is 0. The molecule has 2 heteroatoms. The first-order valence-corrected chi connectivity index (χ1v) is 10.2. The molecule has 134 valence electrons. The van der Waals surface area contributed by atoms with Gasteiger partial charge in [-0.15, -0.1) is 0 Å². The van der Waals surface area contributed by atoms with Crippen molar-refractivity contribution in [2.75, 3.05) is 7.11 Å². The van der Waals surface area contributed by atoms with E-state index in [9.17, 15) is 0 Å². The van der Waals surface area contributed by atoms with E-state index >= 15 is 0 Å². The molecule has 0 aromatic heterocycles. The first-order valence-electron chi connectivity index (χ1n) is 9.43. The highest BCUT2D eigenvalue weighted by atomic mass is 79.9. The highest BCUT2D eigenvalue weighted by molar-refractivity contribution is 9.10. The summed E-state index contributed by atoms with van der Waals surface area (Å²) in [5.74, 6) is 0.895. The molecule has 0 fully saturated rings. The fourth-order valence-corrected chi connectivity index (χ4v) is 5.58. The lowest BCUT2D eigenvalue weighted by Gasteiger charge is -2.30. The van der Waals surface area contributed by atoms with Crippen LogP contribution in [0.3, 0.4) is 0 Å². The monoisotopic (exact) mass is 424 g/mol. The van der Waals surface area contributed by atoms with Gasteiger partial charge < -0.3 is 4.74 Å². The molecule has 0 radical (unpaired) electrons. The number of methoxy groups -OCH3 is 1. The minimum absolute atomic E-state index is 0.309. The maximum absolute atomic E-state index is 5.63. The quantitative estimate of drug-likeness (QED) is 0.282. The van der Waals surface area contributed by atoms with Gasteiger partial charge in [-0.2, -0.15) is 0 Å². The summed E-state index contributed by atoms with van der Waals surface area (Å²) in [5, 5.41) is 0. The number of halogens is 1. The third-order valence-electron chi connectivity index (χ3n) is 6.26. The molecule has 0 unspecified atom stereocenters. The SMILES string of the molecule is COc1ccc2c(c1)C1(c3ccccc3-c3ccccc31)c1cc(Br)ccc1-2. The molecule has 0 atom stereocenters. The van der Waals surface area contributed by atoms with Crippen molar-refractivity contribution >= 4 is 15.9 Å². The molecule has 0 saturated heterocycles. The van der Waals surface area contributed by atoms with Gasteiger partial charge in [0, 0.05) is 4.47 Å². The second-order valence-electron chi connectivity index (χ2n) is 7.44. The molecule has 4 aromatic carbocycles. The van der Waals surface area contributed by atoms with Crippen LogP contribution >= 0.6 is 15.9 Å². The van der Waals surface area contributed by atoms with Crippen molar-refractivity contribution in [2.45, 2.75) is 5.41 Å². The summed E-state index contributed by atoms with van der Waals surface area (Å²) >= 11 is 3.72. The average Bonchev–Trinajstić information content (AvgIpc) is 3.20. The van der Waals surface area contributed by atoms with Crippen molar-refractivity contribution in [3.63, 3.8) is 0 Å². The molecular weight excluding hydrogens is 408 g/mol. The summed E-state index contributed by atoms with van der Waals surface area (Å²) in [6, 6.07) is 30.8. The Kier molecular flexibility index (Phi) is 3.22. The first kappa shape index (κ1) is 16.1. The molecule has 1 nitrogen and oxygen atoms in total. The highest BCUT2D eigenvalue weighted by Crippen LogP contribution is 2.63. The molecular formula is C26H17BrO. The van der Waals surface area contributed by atoms with E-state index < -0.39 is 0 Å². The lowest BCUT2D eigenvalue weighted by Crippen LogP contribution is -2.25. The summed E-state index contributed by atoms with van der Waals surface area (Å²) in [5.41, 5.74) is 10.3. The van der Waals surface area contributed by atoms with Crippen LogP contribution in [0.15, 0.2) is 89.4 Å². The Hall–Kier alpha value is -2.84. The number of hydrogen-bond acceptors (Lipinski definition) is 1. The Balaban J connectivity index is 1.85. The minimum Gasteiger partial charge on any atom is -0.497 e. The molecule has 1 spiro atoms. The minimum atomic E-state index is -0.309. The van der Waals surface area contributed by atoms with Gasteiger partial charge in [0.15, 0.2) is 0 Å². The smallest absolute Gasteiger partial charge is 0.119 e. The van der Waals surface area contributed by atoms with Gasteiger partial charge in [-0.25, -0.2) is 0 Å². The molecule has 0 N–H and O–H groups in total. The van der Waals surface area contributed by atoms with Gasteiger partial charge >= 0.3 is 0 Å². The second-order valence-corrected chi connectivity index (χ2v) is 8.36. The second kappa shape index (κ2) is 5.59. The van der Waals surface area contributed by atoms with Crippen LogP contribution in [-0.2, 0) is 5.41 Å². The van der Waals surface area contributed by atoms with Crippen LogP contribution in [0.2, 0.25) is 0 Å². The van der Waals surface area contributed by atoms with Gasteiger partial charge in [-0.3, -0.25) is 0 Å². The molecule has 6 rings (SSSR count). The van der Waals surface area contributed by atoms with E-state index in [4.69, 9.17) is 4.74 Å². The predicted molar refractivity (Wildman–Crippen MR) is 117 cm³/mol. The molecule has 2 aliphatic carbocycles. The predicted octanol–water partition coefficient (Wildman–Crippen LogP) is 6.80. The molecule has 2 aliphatic rings. The lowest BCUT2D eigenvalue weighted by molar-refractivity contribution is 0.414. The van der Waals surface area contributed by atoms with Crippen molar-refractivity contribution in [3.05, 3.63) is 112 Å². The first-order chi connectivity index (χ1) is 13.7. The number of fused-ring (bicyclic) bond motifs is 10. The third-order valence-corrected chi connectivity index (χ3v) is 6.75. The van der Waals surface area contributed by atoms with E-state index in [1.54, 1.807) is 7.11 Å². The third kappa shape index (κ3) is 1.81. The standard InChI is InChI=1S/C26H17BrO/c1-28-17-11-13-21-20-12-10-16(27)14-24(20)26(25(21)15-17)22-8-4-2-6-18(22)19-7-3-5-9-23(19)26/h2-15H,1H3. The van der Waals surface area contributed by atoms with Crippen LogP contribution in [0, 0.1) is 0 Å². The molecule has 0 bridgehead atoms. The molecule has 0 aliphatic heterocycles. The van der Waals surface area contributed by atoms with Crippen molar-refractivity contribution < 1.29 is 4.74 Å². The van der Waals surface area contributed by atoms with E-state index in [0.717, 1.165) is 10.2 Å². The van der Waals surface area contributed by atoms with Gasteiger partial charge in [-0.1, -0.05) is 76.6 Å². The fourth-order valence-electron chi connectivity index (χ4n) is 5.22. The Labute approximate surface area is 172 Å². The Morgan fingerprint density at radius 2 is 1.14 bits per heavy atom. The molecule has 0 heterocycles. The van der Waals surface area contributed by atoms with E-state index in [1.165, 1.54) is 44.5 Å². The van der Waals surface area contributed by atoms with Crippen LogP contribution < -0.4 is 4.74 Å². The zero-order valence-corrected chi connectivity index (χ0v) is 17.0. The fraction of sp³-hybridized carbons (Fsp3) is 0.0769. The van der Waals surface area contributed by atoms with Gasteiger partial charge in [0.1, 0.15) is 5.75 Å². The van der Waals surface area contributed by atoms with Crippen LogP contribution in [-0.4, -0.2) is 7.11 Å². The Morgan fingerprint density at radius 1 is 0.607 bits per heavy atom. The van der Waals surface area contributed by atoms with Crippen LogP contribution in [0.4, 0.5) is 0 Å². The number of benzene rings is 4. The Bertz CT molecular complexity index is 1230. The van der Waals surface area contributed by atoms with Gasteiger partial charge in [0.05, 0.1) is 12.5 Å². The van der Waals surface area contributed by atoms with Crippen LogP contribution in [0.5, 0.6) is 5.75 Å². The van der Waals surface area contributed by atoms with Crippen LogP contribution in [0.25, 0.3) is 22.3 Å². The van der Waals surface area contributed by atoms with Crippen LogP contribution in [0.1, 0.15) is 22.3 Å². The molecule has 4 aromatic rings. The zero-order chi connectivity index (χ0) is 18.9. The van der Waals surface area contributed by atoms with Crippen molar-refractivity contribution in [1.82, 2.24) is 0 Å². The van der Waals surface area contributed by atoms with Gasteiger partial charge in [0.2, 0.25) is 0 Å². The van der Waals surface area contributed by atoms with E-state index in [0.29, 0.717) is 0 Å². The zero-order valence-electron chi connectivity index (χ0n) is 15.4. The largest absolute Gasteiger partial charge is 0.497 e. The summed E-state index contributed by atoms with van der Waals surface area (Å²) in [7, 11) is 1.74. The average molecular weight is 425 g/mol.